The fourth-order valence-electron chi connectivity index (χ4n) is 4.82. The molecule has 26 heavy (non-hydrogen) atoms. The fourth-order valence-corrected chi connectivity index (χ4v) is 4.82. The van der Waals surface area contributed by atoms with Crippen molar-refractivity contribution in [1.82, 2.24) is 4.90 Å². The third-order valence-corrected chi connectivity index (χ3v) is 5.84. The molecular weight excluding hydrogens is 334 g/mol. The van der Waals surface area contributed by atoms with Crippen LogP contribution < -0.4 is 9.47 Å². The molecule has 0 aromatic heterocycles. The number of hydrogen-bond donors (Lipinski definition) is 0. The van der Waals surface area contributed by atoms with Gasteiger partial charge in [0.05, 0.1) is 32.3 Å². The molecule has 142 valence electrons. The number of rotatable bonds is 4. The van der Waals surface area contributed by atoms with Crippen LogP contribution in [0.1, 0.15) is 38.3 Å². The average molecular weight is 361 g/mol. The highest BCUT2D eigenvalue weighted by atomic mass is 16.5. The van der Waals surface area contributed by atoms with Gasteiger partial charge in [0.15, 0.2) is 0 Å². The molecule has 0 unspecified atom stereocenters. The van der Waals surface area contributed by atoms with Gasteiger partial charge in [0.2, 0.25) is 5.91 Å². The Morgan fingerprint density at radius 2 is 1.92 bits per heavy atom. The summed E-state index contributed by atoms with van der Waals surface area (Å²) >= 11 is 0. The monoisotopic (exact) mass is 361 g/mol. The molecule has 1 aromatic carbocycles. The van der Waals surface area contributed by atoms with E-state index in [9.17, 15) is 9.59 Å². The number of piperidine rings is 1. The van der Waals surface area contributed by atoms with E-state index in [0.29, 0.717) is 31.7 Å². The number of amides is 1. The molecule has 6 nitrogen and oxygen atoms in total. The van der Waals surface area contributed by atoms with Crippen LogP contribution in [0.5, 0.6) is 11.5 Å². The molecule has 0 spiro atoms. The van der Waals surface area contributed by atoms with Crippen molar-refractivity contribution in [2.24, 2.45) is 11.8 Å². The zero-order valence-electron chi connectivity index (χ0n) is 16.1. The van der Waals surface area contributed by atoms with Crippen LogP contribution in [0, 0.1) is 11.8 Å². The van der Waals surface area contributed by atoms with E-state index < -0.39 is 11.5 Å². The van der Waals surface area contributed by atoms with Gasteiger partial charge >= 0.3 is 5.97 Å². The molecule has 2 aliphatic rings. The van der Waals surface area contributed by atoms with Crippen molar-refractivity contribution in [2.45, 2.75) is 39.2 Å². The maximum absolute atomic E-state index is 12.9. The third kappa shape index (κ3) is 2.54. The van der Waals surface area contributed by atoms with Crippen LogP contribution in [-0.4, -0.2) is 44.1 Å². The predicted octanol–water partition coefficient (Wildman–Crippen LogP) is 2.52. The van der Waals surface area contributed by atoms with Gasteiger partial charge in [-0.3, -0.25) is 9.59 Å². The van der Waals surface area contributed by atoms with Gasteiger partial charge in [-0.15, -0.1) is 0 Å². The number of fused-ring (bicyclic) bond motifs is 3. The van der Waals surface area contributed by atoms with Crippen LogP contribution in [-0.2, 0) is 26.3 Å². The van der Waals surface area contributed by atoms with E-state index in [0.717, 1.165) is 16.9 Å². The molecule has 0 bridgehead atoms. The molecule has 0 saturated carbocycles. The van der Waals surface area contributed by atoms with Crippen LogP contribution in [0.3, 0.4) is 0 Å². The number of hydrogen-bond acceptors (Lipinski definition) is 5. The maximum Gasteiger partial charge on any atom is 0.311 e. The first-order valence-corrected chi connectivity index (χ1v) is 9.11. The molecule has 1 saturated heterocycles. The third-order valence-electron chi connectivity index (χ3n) is 5.84. The molecule has 0 radical (unpaired) electrons. The second-order valence-electron chi connectivity index (χ2n) is 7.18. The van der Waals surface area contributed by atoms with Gasteiger partial charge in [0, 0.05) is 24.1 Å². The standard InChI is InChI=1S/C20H27NO5/c1-6-26-19(23)17-12(2)11-16(22)21-10-9-13-14(24-4)7-8-15(25-5)18(13)20(17,21)3/h7-8,12,17H,6,9-11H2,1-5H3/t12-,17+,20-/m0/s1. The molecule has 1 amide bonds. The minimum absolute atomic E-state index is 0.0658. The smallest absolute Gasteiger partial charge is 0.311 e. The lowest BCUT2D eigenvalue weighted by molar-refractivity contribution is -0.169. The first-order chi connectivity index (χ1) is 12.4. The maximum atomic E-state index is 12.9. The molecular formula is C20H27NO5. The van der Waals surface area contributed by atoms with Crippen molar-refractivity contribution < 1.29 is 23.8 Å². The lowest BCUT2D eigenvalue weighted by atomic mass is 9.65. The highest BCUT2D eigenvalue weighted by Crippen LogP contribution is 2.53. The van der Waals surface area contributed by atoms with Crippen molar-refractivity contribution in [2.75, 3.05) is 27.4 Å². The summed E-state index contributed by atoms with van der Waals surface area (Å²) in [6.07, 6.45) is 1.02. The Kier molecular flexibility index (Phi) is 4.86. The van der Waals surface area contributed by atoms with Crippen molar-refractivity contribution in [3.8, 4) is 11.5 Å². The second-order valence-corrected chi connectivity index (χ2v) is 7.18. The lowest BCUT2D eigenvalue weighted by Gasteiger charge is -2.54. The predicted molar refractivity (Wildman–Crippen MR) is 96.2 cm³/mol. The Morgan fingerprint density at radius 3 is 2.54 bits per heavy atom. The van der Waals surface area contributed by atoms with Crippen LogP contribution >= 0.6 is 0 Å². The van der Waals surface area contributed by atoms with Gasteiger partial charge in [-0.05, 0) is 38.3 Å². The Balaban J connectivity index is 2.27. The summed E-state index contributed by atoms with van der Waals surface area (Å²) in [5, 5.41) is 0. The summed E-state index contributed by atoms with van der Waals surface area (Å²) in [7, 11) is 3.24. The number of nitrogens with zero attached hydrogens (tertiary/aromatic N) is 1. The first-order valence-electron chi connectivity index (χ1n) is 9.11. The summed E-state index contributed by atoms with van der Waals surface area (Å²) in [6.45, 7) is 6.57. The summed E-state index contributed by atoms with van der Waals surface area (Å²) in [6, 6.07) is 3.72. The topological polar surface area (TPSA) is 65.1 Å². The number of carbonyl (C=O) groups excluding carboxylic acids is 2. The van der Waals surface area contributed by atoms with E-state index in [1.54, 1.807) is 21.1 Å². The summed E-state index contributed by atoms with van der Waals surface area (Å²) in [5.41, 5.74) is 1.04. The van der Waals surface area contributed by atoms with E-state index in [4.69, 9.17) is 14.2 Å². The molecule has 1 aromatic rings. The molecule has 6 heteroatoms. The zero-order valence-corrected chi connectivity index (χ0v) is 16.1. The molecule has 0 aliphatic carbocycles. The van der Waals surface area contributed by atoms with Gasteiger partial charge in [0.25, 0.3) is 0 Å². The minimum atomic E-state index is -0.825. The molecule has 1 fully saturated rings. The van der Waals surface area contributed by atoms with Gasteiger partial charge in [0.1, 0.15) is 11.5 Å². The van der Waals surface area contributed by atoms with E-state index in [1.807, 2.05) is 30.9 Å². The molecule has 0 N–H and O–H groups in total. The van der Waals surface area contributed by atoms with Crippen LogP contribution in [0.4, 0.5) is 0 Å². The number of ether oxygens (including phenoxy) is 3. The Hall–Kier alpha value is -2.24. The van der Waals surface area contributed by atoms with Crippen LogP contribution in [0.2, 0.25) is 0 Å². The highest BCUT2D eigenvalue weighted by molar-refractivity contribution is 5.85. The molecule has 3 rings (SSSR count). The van der Waals surface area contributed by atoms with Gasteiger partial charge in [-0.1, -0.05) is 6.92 Å². The zero-order chi connectivity index (χ0) is 19.1. The number of esters is 1. The van der Waals surface area contributed by atoms with E-state index in [-0.39, 0.29) is 17.8 Å². The highest BCUT2D eigenvalue weighted by Gasteiger charge is 2.57. The van der Waals surface area contributed by atoms with Gasteiger partial charge in [-0.25, -0.2) is 0 Å². The van der Waals surface area contributed by atoms with Crippen LogP contribution in [0.15, 0.2) is 12.1 Å². The van der Waals surface area contributed by atoms with Crippen molar-refractivity contribution in [3.05, 3.63) is 23.3 Å². The Labute approximate surface area is 154 Å². The van der Waals surface area contributed by atoms with Crippen molar-refractivity contribution in [3.63, 3.8) is 0 Å². The Bertz CT molecular complexity index is 731. The minimum Gasteiger partial charge on any atom is -0.496 e. The largest absolute Gasteiger partial charge is 0.496 e. The number of carbonyl (C=O) groups is 2. The summed E-state index contributed by atoms with van der Waals surface area (Å²) in [5.74, 6) is 0.651. The van der Waals surface area contributed by atoms with Crippen molar-refractivity contribution >= 4 is 11.9 Å². The van der Waals surface area contributed by atoms with Crippen molar-refractivity contribution in [1.29, 1.82) is 0 Å². The van der Waals surface area contributed by atoms with E-state index >= 15 is 0 Å². The second kappa shape index (κ2) is 6.82. The van der Waals surface area contributed by atoms with Crippen LogP contribution in [0.25, 0.3) is 0 Å². The summed E-state index contributed by atoms with van der Waals surface area (Å²) in [4.78, 5) is 27.6. The number of methoxy groups -OCH3 is 2. The molecule has 3 atom stereocenters. The normalized spacial score (nSPS) is 27.4. The number of benzene rings is 1. The molecule has 2 aliphatic heterocycles. The van der Waals surface area contributed by atoms with E-state index in [1.165, 1.54) is 0 Å². The van der Waals surface area contributed by atoms with E-state index in [2.05, 4.69) is 0 Å². The molecule has 2 heterocycles. The Morgan fingerprint density at radius 1 is 1.27 bits per heavy atom. The SMILES string of the molecule is CCOC(=O)[C@H]1[C@@H](C)CC(=O)N2CCc3c(OC)ccc(OC)c3[C@]12C. The van der Waals surface area contributed by atoms with Gasteiger partial charge in [-0.2, -0.15) is 0 Å². The lowest BCUT2D eigenvalue weighted by Crippen LogP contribution is -2.62. The fraction of sp³-hybridized carbons (Fsp3) is 0.600. The van der Waals surface area contributed by atoms with Gasteiger partial charge < -0.3 is 19.1 Å². The quantitative estimate of drug-likeness (QED) is 0.771. The first kappa shape index (κ1) is 18.5. The summed E-state index contributed by atoms with van der Waals surface area (Å²) < 4.78 is 16.6. The average Bonchev–Trinajstić information content (AvgIpc) is 2.60.